The van der Waals surface area contributed by atoms with Crippen molar-refractivity contribution in [2.75, 3.05) is 40.0 Å². The van der Waals surface area contributed by atoms with E-state index in [2.05, 4.69) is 18.8 Å². The predicted molar refractivity (Wildman–Crippen MR) is 126 cm³/mol. The molecule has 0 amide bonds. The molecule has 3 heterocycles. The van der Waals surface area contributed by atoms with E-state index in [0.717, 1.165) is 0 Å². The number of aromatic amines is 1. The predicted octanol–water partition coefficient (Wildman–Crippen LogP) is 2.20. The lowest BCUT2D eigenvalue weighted by Crippen LogP contribution is -2.36. The second-order valence-electron chi connectivity index (χ2n) is 8.06. The van der Waals surface area contributed by atoms with Crippen molar-refractivity contribution in [1.29, 1.82) is 0 Å². The summed E-state index contributed by atoms with van der Waals surface area (Å²) in [5.74, 6) is 0. The molecule has 0 aliphatic carbocycles. The normalized spacial score (nSPS) is 24.3. The SMILES string of the molecule is CCCCCC.COOP(OCC1OC(n2cc(C)c(=O)[nH]c2=O)C[C@H]1N)N1CCOCC1. The molecule has 2 aliphatic rings. The molecule has 190 valence electrons. The van der Waals surface area contributed by atoms with E-state index < -0.39 is 32.1 Å². The number of hydrogen-bond donors (Lipinski definition) is 2. The van der Waals surface area contributed by atoms with E-state index in [0.29, 0.717) is 38.3 Å². The second kappa shape index (κ2) is 15.0. The van der Waals surface area contributed by atoms with E-state index in [-0.39, 0.29) is 12.6 Å². The van der Waals surface area contributed by atoms with Gasteiger partial charge in [-0.1, -0.05) is 39.5 Å². The lowest BCUT2D eigenvalue weighted by molar-refractivity contribution is -0.187. The fraction of sp³-hybridized carbons (Fsp3) is 0.810. The molecular weight excluding hydrogens is 451 g/mol. The van der Waals surface area contributed by atoms with Crippen molar-refractivity contribution in [3.63, 3.8) is 0 Å². The number of aryl methyl sites for hydroxylation is 1. The molecule has 33 heavy (non-hydrogen) atoms. The largest absolute Gasteiger partial charge is 0.379 e. The van der Waals surface area contributed by atoms with Gasteiger partial charge in [-0.2, -0.15) is 4.67 Å². The number of aromatic nitrogens is 2. The highest BCUT2D eigenvalue weighted by atomic mass is 31.2. The van der Waals surface area contributed by atoms with Crippen molar-refractivity contribution in [3.05, 3.63) is 32.6 Å². The Bertz CT molecular complexity index is 796. The van der Waals surface area contributed by atoms with Crippen LogP contribution in [0.5, 0.6) is 0 Å². The third kappa shape index (κ3) is 8.84. The summed E-state index contributed by atoms with van der Waals surface area (Å²) in [7, 11) is 0.00965. The van der Waals surface area contributed by atoms with Crippen LogP contribution in [0.15, 0.2) is 15.8 Å². The Kier molecular flexibility index (Phi) is 12.7. The van der Waals surface area contributed by atoms with Crippen LogP contribution < -0.4 is 17.0 Å². The summed E-state index contributed by atoms with van der Waals surface area (Å²) in [6.45, 7) is 8.85. The molecule has 3 unspecified atom stereocenters. The first-order valence-electron chi connectivity index (χ1n) is 11.6. The molecular formula is C21H39N4O7P. The number of hydrogen-bond acceptors (Lipinski definition) is 9. The molecule has 11 nitrogen and oxygen atoms in total. The van der Waals surface area contributed by atoms with Gasteiger partial charge in [0, 0.05) is 37.3 Å². The van der Waals surface area contributed by atoms with Crippen molar-refractivity contribution in [2.45, 2.75) is 71.2 Å². The third-order valence-electron chi connectivity index (χ3n) is 5.40. The van der Waals surface area contributed by atoms with Crippen molar-refractivity contribution < 1.29 is 23.6 Å². The Morgan fingerprint density at radius 2 is 1.88 bits per heavy atom. The van der Waals surface area contributed by atoms with E-state index in [1.807, 2.05) is 4.67 Å². The van der Waals surface area contributed by atoms with Crippen LogP contribution in [0.4, 0.5) is 0 Å². The van der Waals surface area contributed by atoms with Gasteiger partial charge in [0.25, 0.3) is 14.1 Å². The minimum absolute atomic E-state index is 0.196. The molecule has 0 spiro atoms. The van der Waals surface area contributed by atoms with E-state index in [1.54, 1.807) is 6.92 Å². The highest BCUT2D eigenvalue weighted by Crippen LogP contribution is 2.44. The van der Waals surface area contributed by atoms with E-state index >= 15 is 0 Å². The van der Waals surface area contributed by atoms with Crippen molar-refractivity contribution >= 4 is 8.53 Å². The van der Waals surface area contributed by atoms with Gasteiger partial charge in [0.15, 0.2) is 0 Å². The summed E-state index contributed by atoms with van der Waals surface area (Å²) in [5, 5.41) is 0. The van der Waals surface area contributed by atoms with Gasteiger partial charge in [0.05, 0.1) is 33.0 Å². The van der Waals surface area contributed by atoms with Gasteiger partial charge in [-0.25, -0.2) is 14.4 Å². The second-order valence-corrected chi connectivity index (χ2v) is 9.50. The van der Waals surface area contributed by atoms with Gasteiger partial charge in [-0.15, -0.1) is 0 Å². The van der Waals surface area contributed by atoms with Gasteiger partial charge in [0.2, 0.25) is 0 Å². The number of morpholine rings is 1. The number of H-pyrrole nitrogens is 1. The van der Waals surface area contributed by atoms with Crippen molar-refractivity contribution in [3.8, 4) is 0 Å². The number of rotatable bonds is 10. The zero-order chi connectivity index (χ0) is 24.2. The Morgan fingerprint density at radius 3 is 2.48 bits per heavy atom. The van der Waals surface area contributed by atoms with Crippen LogP contribution in [0.3, 0.4) is 0 Å². The monoisotopic (exact) mass is 490 g/mol. The first-order valence-corrected chi connectivity index (χ1v) is 12.7. The molecule has 0 bridgehead atoms. The molecule has 12 heteroatoms. The van der Waals surface area contributed by atoms with Crippen LogP contribution in [0.2, 0.25) is 0 Å². The number of unbranched alkanes of at least 4 members (excludes halogenated alkanes) is 3. The van der Waals surface area contributed by atoms with Crippen LogP contribution in [-0.2, 0) is 23.6 Å². The van der Waals surface area contributed by atoms with Gasteiger partial charge < -0.3 is 19.7 Å². The van der Waals surface area contributed by atoms with Gasteiger partial charge in [-0.3, -0.25) is 14.3 Å². The Balaban J connectivity index is 0.000000569. The van der Waals surface area contributed by atoms with Gasteiger partial charge >= 0.3 is 5.69 Å². The van der Waals surface area contributed by atoms with Gasteiger partial charge in [0.1, 0.15) is 6.23 Å². The molecule has 1 aromatic heterocycles. The fourth-order valence-electron chi connectivity index (χ4n) is 3.45. The molecule has 3 rings (SSSR count). The minimum Gasteiger partial charge on any atom is -0.379 e. The van der Waals surface area contributed by atoms with E-state index in [9.17, 15) is 9.59 Å². The molecule has 4 atom stereocenters. The molecule has 3 N–H and O–H groups in total. The molecule has 0 aromatic carbocycles. The molecule has 0 radical (unpaired) electrons. The first-order chi connectivity index (χ1) is 15.9. The van der Waals surface area contributed by atoms with E-state index in [1.165, 1.54) is 43.6 Å². The van der Waals surface area contributed by atoms with Crippen LogP contribution in [0.1, 0.15) is 57.7 Å². The zero-order valence-corrected chi connectivity index (χ0v) is 21.1. The summed E-state index contributed by atoms with van der Waals surface area (Å²) in [4.78, 5) is 30.7. The first kappa shape index (κ1) is 28.1. The van der Waals surface area contributed by atoms with Crippen molar-refractivity contribution in [2.24, 2.45) is 5.73 Å². The standard InChI is InChI=1S/C15H25N4O7P.C6H14/c1-10-8-19(15(21)17-14(10)20)13-7-11(16)12(25-13)9-24-27(26-22-2)18-3-5-23-6-4-18;1-3-5-6-4-2/h8,11-13H,3-7,9,16H2,1-2H3,(H,17,20,21);3-6H2,1-2H3/t11-,12?,13?,27?;/m1./s1. The average Bonchev–Trinajstić information content (AvgIpc) is 3.18. The lowest BCUT2D eigenvalue weighted by atomic mass is 10.1. The highest BCUT2D eigenvalue weighted by Gasteiger charge is 2.36. The van der Waals surface area contributed by atoms with Crippen molar-refractivity contribution in [1.82, 2.24) is 14.2 Å². The average molecular weight is 491 g/mol. The topological polar surface area (TPSA) is 130 Å². The van der Waals surface area contributed by atoms with Gasteiger partial charge in [-0.05, 0) is 6.92 Å². The summed E-state index contributed by atoms with van der Waals surface area (Å²) in [6, 6.07) is -0.321. The quantitative estimate of drug-likeness (QED) is 0.219. The Hall–Kier alpha value is -1.17. The number of nitrogens with zero attached hydrogens (tertiary/aromatic N) is 2. The molecule has 2 fully saturated rings. The Labute approximate surface area is 196 Å². The third-order valence-corrected chi connectivity index (χ3v) is 6.91. The van der Waals surface area contributed by atoms with E-state index in [4.69, 9.17) is 29.3 Å². The molecule has 2 saturated heterocycles. The summed E-state index contributed by atoms with van der Waals surface area (Å²) < 4.78 is 25.7. The van der Waals surface area contributed by atoms with Crippen LogP contribution in [0, 0.1) is 6.92 Å². The fourth-order valence-corrected chi connectivity index (χ4v) is 4.65. The maximum Gasteiger partial charge on any atom is 0.330 e. The van der Waals surface area contributed by atoms with Crippen LogP contribution in [-0.4, -0.2) is 66.4 Å². The summed E-state index contributed by atoms with van der Waals surface area (Å²) in [5.41, 5.74) is 5.66. The lowest BCUT2D eigenvalue weighted by Gasteiger charge is -2.31. The zero-order valence-electron chi connectivity index (χ0n) is 20.2. The van der Waals surface area contributed by atoms with Crippen LogP contribution in [0.25, 0.3) is 0 Å². The smallest absolute Gasteiger partial charge is 0.330 e. The minimum atomic E-state index is -1.42. The molecule has 2 aliphatic heterocycles. The maximum absolute atomic E-state index is 12.1. The number of nitrogens with two attached hydrogens (primary N) is 1. The number of ether oxygens (including phenoxy) is 2. The summed E-state index contributed by atoms with van der Waals surface area (Å²) in [6.07, 6.45) is 6.47. The maximum atomic E-state index is 12.1. The highest BCUT2D eigenvalue weighted by molar-refractivity contribution is 7.44. The molecule has 0 saturated carbocycles. The summed E-state index contributed by atoms with van der Waals surface area (Å²) >= 11 is 0. The Morgan fingerprint density at radius 1 is 1.21 bits per heavy atom. The molecule has 1 aromatic rings. The number of nitrogens with one attached hydrogen (secondary N) is 1. The van der Waals surface area contributed by atoms with Crippen LogP contribution >= 0.6 is 8.53 Å².